The highest BCUT2D eigenvalue weighted by atomic mass is 35.5. The van der Waals surface area contributed by atoms with E-state index in [1.807, 2.05) is 30.5 Å². The van der Waals surface area contributed by atoms with Crippen LogP contribution in [0.15, 0.2) is 48.9 Å². The minimum atomic E-state index is 0.530. The van der Waals surface area contributed by atoms with Gasteiger partial charge in [0.2, 0.25) is 0 Å². The molecule has 1 aromatic carbocycles. The largest absolute Gasteiger partial charge is 0.348 e. The summed E-state index contributed by atoms with van der Waals surface area (Å²) in [5.41, 5.74) is 2.96. The summed E-state index contributed by atoms with van der Waals surface area (Å²) in [6.07, 6.45) is 6.16. The van der Waals surface area contributed by atoms with Crippen LogP contribution in [0.3, 0.4) is 0 Å². The highest BCUT2D eigenvalue weighted by molar-refractivity contribution is 6.42. The van der Waals surface area contributed by atoms with Crippen LogP contribution in [-0.2, 0) is 6.42 Å². The third kappa shape index (κ3) is 2.84. The van der Waals surface area contributed by atoms with E-state index in [0.29, 0.717) is 10.0 Å². The zero-order valence-corrected chi connectivity index (χ0v) is 12.0. The first-order chi connectivity index (χ1) is 9.72. The van der Waals surface area contributed by atoms with Crippen molar-refractivity contribution in [2.24, 2.45) is 0 Å². The van der Waals surface area contributed by atoms with E-state index in [-0.39, 0.29) is 0 Å². The molecule has 0 unspecified atom stereocenters. The van der Waals surface area contributed by atoms with E-state index in [2.05, 4.69) is 15.0 Å². The number of aromatic amines is 1. The van der Waals surface area contributed by atoms with Gasteiger partial charge in [0.05, 0.1) is 15.7 Å². The van der Waals surface area contributed by atoms with Gasteiger partial charge in [-0.05, 0) is 29.8 Å². The molecule has 5 heteroatoms. The van der Waals surface area contributed by atoms with Crippen molar-refractivity contribution in [3.8, 4) is 11.3 Å². The van der Waals surface area contributed by atoms with Gasteiger partial charge in [0.1, 0.15) is 5.82 Å². The third-order valence-electron chi connectivity index (χ3n) is 2.97. The Labute approximate surface area is 126 Å². The second-order valence-electron chi connectivity index (χ2n) is 4.39. The number of hydrogen-bond donors (Lipinski definition) is 1. The monoisotopic (exact) mass is 303 g/mol. The summed E-state index contributed by atoms with van der Waals surface area (Å²) >= 11 is 11.9. The molecule has 0 aliphatic carbocycles. The number of benzene rings is 1. The molecular formula is C15H11Cl2N3. The molecule has 0 fully saturated rings. The molecular weight excluding hydrogens is 293 g/mol. The Balaban J connectivity index is 1.84. The van der Waals surface area contributed by atoms with Crippen molar-refractivity contribution in [1.82, 2.24) is 15.0 Å². The van der Waals surface area contributed by atoms with Gasteiger partial charge in [-0.15, -0.1) is 0 Å². The zero-order chi connectivity index (χ0) is 13.9. The van der Waals surface area contributed by atoms with E-state index in [9.17, 15) is 0 Å². The van der Waals surface area contributed by atoms with Crippen LogP contribution in [0.1, 0.15) is 11.4 Å². The topological polar surface area (TPSA) is 41.6 Å². The second kappa shape index (κ2) is 5.65. The van der Waals surface area contributed by atoms with Crippen molar-refractivity contribution in [3.05, 3.63) is 70.4 Å². The first kappa shape index (κ1) is 13.2. The molecule has 2 aromatic heterocycles. The van der Waals surface area contributed by atoms with Crippen LogP contribution < -0.4 is 0 Å². The quantitative estimate of drug-likeness (QED) is 0.780. The van der Waals surface area contributed by atoms with Gasteiger partial charge in [0.15, 0.2) is 0 Å². The molecule has 3 aromatic rings. The molecule has 2 heterocycles. The smallest absolute Gasteiger partial charge is 0.111 e. The molecule has 0 saturated heterocycles. The molecule has 0 aliphatic rings. The van der Waals surface area contributed by atoms with Gasteiger partial charge in [-0.2, -0.15) is 0 Å². The molecule has 100 valence electrons. The molecule has 1 N–H and O–H groups in total. The van der Waals surface area contributed by atoms with Crippen LogP contribution in [0.5, 0.6) is 0 Å². The minimum absolute atomic E-state index is 0.530. The Morgan fingerprint density at radius 1 is 1.00 bits per heavy atom. The maximum Gasteiger partial charge on any atom is 0.111 e. The molecule has 0 bridgehead atoms. The van der Waals surface area contributed by atoms with E-state index in [1.165, 1.54) is 0 Å². The number of nitrogens with zero attached hydrogens (tertiary/aromatic N) is 2. The summed E-state index contributed by atoms with van der Waals surface area (Å²) in [7, 11) is 0. The predicted octanol–water partition coefficient (Wildman–Crippen LogP) is 4.37. The summed E-state index contributed by atoms with van der Waals surface area (Å²) in [5, 5.41) is 1.07. The lowest BCUT2D eigenvalue weighted by atomic mass is 10.2. The van der Waals surface area contributed by atoms with Gasteiger partial charge >= 0.3 is 0 Å². The predicted molar refractivity (Wildman–Crippen MR) is 81.1 cm³/mol. The lowest BCUT2D eigenvalue weighted by molar-refractivity contribution is 1.02. The van der Waals surface area contributed by atoms with Gasteiger partial charge in [0, 0.05) is 30.6 Å². The molecule has 20 heavy (non-hydrogen) atoms. The lowest BCUT2D eigenvalue weighted by Crippen LogP contribution is -1.90. The van der Waals surface area contributed by atoms with Gasteiger partial charge in [0.25, 0.3) is 0 Å². The molecule has 0 atom stereocenters. The standard InChI is InChI=1S/C15H11Cl2N3/c16-12-2-1-11(8-13(12)17)14-9-19-15(20-14)7-10-3-5-18-6-4-10/h1-6,8-9H,7H2,(H,19,20). The first-order valence-corrected chi connectivity index (χ1v) is 6.86. The number of halogens is 2. The Hall–Kier alpha value is -1.84. The number of aromatic nitrogens is 3. The summed E-state index contributed by atoms with van der Waals surface area (Å²) in [4.78, 5) is 11.7. The third-order valence-corrected chi connectivity index (χ3v) is 3.71. The van der Waals surface area contributed by atoms with E-state index in [1.54, 1.807) is 18.5 Å². The maximum absolute atomic E-state index is 6.02. The number of nitrogens with one attached hydrogen (secondary N) is 1. The van der Waals surface area contributed by atoms with E-state index in [0.717, 1.165) is 29.1 Å². The molecule has 0 radical (unpaired) electrons. The molecule has 0 saturated carbocycles. The highest BCUT2D eigenvalue weighted by Gasteiger charge is 2.07. The fourth-order valence-electron chi connectivity index (χ4n) is 1.95. The number of imidazole rings is 1. The van der Waals surface area contributed by atoms with Crippen LogP contribution in [0, 0.1) is 0 Å². The van der Waals surface area contributed by atoms with Crippen molar-refractivity contribution >= 4 is 23.2 Å². The molecule has 0 spiro atoms. The Morgan fingerprint density at radius 3 is 2.55 bits per heavy atom. The summed E-state index contributed by atoms with van der Waals surface area (Å²) in [6, 6.07) is 9.44. The highest BCUT2D eigenvalue weighted by Crippen LogP contribution is 2.27. The Kier molecular flexibility index (Phi) is 3.72. The average molecular weight is 304 g/mol. The van der Waals surface area contributed by atoms with E-state index < -0.39 is 0 Å². The minimum Gasteiger partial charge on any atom is -0.348 e. The average Bonchev–Trinajstić information content (AvgIpc) is 2.91. The number of H-pyrrole nitrogens is 1. The molecule has 3 rings (SSSR count). The van der Waals surface area contributed by atoms with E-state index in [4.69, 9.17) is 23.2 Å². The van der Waals surface area contributed by atoms with Crippen molar-refractivity contribution in [3.63, 3.8) is 0 Å². The Bertz CT molecular complexity index is 723. The van der Waals surface area contributed by atoms with Crippen molar-refractivity contribution in [1.29, 1.82) is 0 Å². The number of rotatable bonds is 3. The van der Waals surface area contributed by atoms with Gasteiger partial charge in [-0.1, -0.05) is 29.3 Å². The van der Waals surface area contributed by atoms with Crippen molar-refractivity contribution in [2.75, 3.05) is 0 Å². The number of hydrogen-bond acceptors (Lipinski definition) is 2. The SMILES string of the molecule is Clc1ccc(-c2c[nH]c(Cc3ccncc3)n2)cc1Cl. The zero-order valence-electron chi connectivity index (χ0n) is 10.5. The number of pyridine rings is 1. The maximum atomic E-state index is 6.02. The van der Waals surface area contributed by atoms with Crippen molar-refractivity contribution in [2.45, 2.75) is 6.42 Å². The van der Waals surface area contributed by atoms with Crippen LogP contribution in [0.2, 0.25) is 10.0 Å². The summed E-state index contributed by atoms with van der Waals surface area (Å²) < 4.78 is 0. The fraction of sp³-hybridized carbons (Fsp3) is 0.0667. The molecule has 0 amide bonds. The second-order valence-corrected chi connectivity index (χ2v) is 5.21. The van der Waals surface area contributed by atoms with Crippen LogP contribution >= 0.6 is 23.2 Å². The summed E-state index contributed by atoms with van der Waals surface area (Å²) in [5.74, 6) is 0.900. The van der Waals surface area contributed by atoms with Crippen LogP contribution in [0.4, 0.5) is 0 Å². The van der Waals surface area contributed by atoms with Gasteiger partial charge in [-0.25, -0.2) is 4.98 Å². The van der Waals surface area contributed by atoms with Crippen LogP contribution in [0.25, 0.3) is 11.3 Å². The van der Waals surface area contributed by atoms with Gasteiger partial charge in [-0.3, -0.25) is 4.98 Å². The first-order valence-electron chi connectivity index (χ1n) is 6.11. The van der Waals surface area contributed by atoms with E-state index >= 15 is 0 Å². The molecule has 3 nitrogen and oxygen atoms in total. The van der Waals surface area contributed by atoms with Gasteiger partial charge < -0.3 is 4.98 Å². The summed E-state index contributed by atoms with van der Waals surface area (Å²) in [6.45, 7) is 0. The lowest BCUT2D eigenvalue weighted by Gasteiger charge is -1.99. The fourth-order valence-corrected chi connectivity index (χ4v) is 2.25. The normalized spacial score (nSPS) is 10.7. The van der Waals surface area contributed by atoms with Crippen molar-refractivity contribution < 1.29 is 0 Å². The molecule has 0 aliphatic heterocycles. The van der Waals surface area contributed by atoms with Crippen LogP contribution in [-0.4, -0.2) is 15.0 Å². The Morgan fingerprint density at radius 2 is 1.80 bits per heavy atom.